The third-order valence-corrected chi connectivity index (χ3v) is 4.77. The van der Waals surface area contributed by atoms with Crippen LogP contribution in [0.5, 0.6) is 0 Å². The van der Waals surface area contributed by atoms with Gasteiger partial charge < -0.3 is 9.52 Å². The summed E-state index contributed by atoms with van der Waals surface area (Å²) in [4.78, 5) is 0. The van der Waals surface area contributed by atoms with Crippen molar-refractivity contribution in [3.8, 4) is 0 Å². The van der Waals surface area contributed by atoms with Crippen LogP contribution < -0.4 is 0 Å². The standard InChI is InChI=1S/C13H17BrO2/c1-8-4-5-9(2)13(8,3)12(15)11-10(14)6-7-16-11/h4,6-7,9,12,15H,5H2,1-3H3/t9-,12-,13-/m1/s1. The Kier molecular flexibility index (Phi) is 3.01. The van der Waals surface area contributed by atoms with Gasteiger partial charge in [-0.2, -0.15) is 0 Å². The number of allylic oxidation sites excluding steroid dienone is 1. The summed E-state index contributed by atoms with van der Waals surface area (Å²) in [6, 6.07) is 1.82. The molecule has 1 aliphatic rings. The van der Waals surface area contributed by atoms with Crippen LogP contribution in [0.2, 0.25) is 0 Å². The Labute approximate surface area is 104 Å². The first-order valence-corrected chi connectivity index (χ1v) is 6.35. The molecule has 0 fully saturated rings. The lowest BCUT2D eigenvalue weighted by Crippen LogP contribution is -2.30. The van der Waals surface area contributed by atoms with Gasteiger partial charge in [-0.15, -0.1) is 0 Å². The summed E-state index contributed by atoms with van der Waals surface area (Å²) in [6.45, 7) is 6.37. The molecular formula is C13H17BrO2. The van der Waals surface area contributed by atoms with Gasteiger partial charge in [0, 0.05) is 5.41 Å². The first-order chi connectivity index (χ1) is 7.48. The highest BCUT2D eigenvalue weighted by Gasteiger charge is 2.45. The molecule has 0 saturated carbocycles. The zero-order valence-electron chi connectivity index (χ0n) is 9.83. The molecule has 3 atom stereocenters. The molecule has 1 aromatic heterocycles. The summed E-state index contributed by atoms with van der Waals surface area (Å²) in [6.07, 6.45) is 4.25. The van der Waals surface area contributed by atoms with Crippen LogP contribution in [0.3, 0.4) is 0 Å². The van der Waals surface area contributed by atoms with Crippen LogP contribution in [-0.2, 0) is 0 Å². The first kappa shape index (κ1) is 11.9. The summed E-state index contributed by atoms with van der Waals surface area (Å²) >= 11 is 3.40. The Balaban J connectivity index is 2.38. The van der Waals surface area contributed by atoms with Crippen molar-refractivity contribution in [3.05, 3.63) is 34.2 Å². The molecule has 0 saturated heterocycles. The molecule has 0 amide bonds. The number of hydrogen-bond donors (Lipinski definition) is 1. The summed E-state index contributed by atoms with van der Waals surface area (Å²) in [5, 5.41) is 10.5. The Morgan fingerprint density at radius 2 is 2.31 bits per heavy atom. The van der Waals surface area contributed by atoms with Crippen molar-refractivity contribution in [2.45, 2.75) is 33.3 Å². The number of hydrogen-bond acceptors (Lipinski definition) is 2. The molecule has 1 N–H and O–H groups in total. The molecule has 1 heterocycles. The molecule has 0 radical (unpaired) electrons. The van der Waals surface area contributed by atoms with Gasteiger partial charge in [0.15, 0.2) is 0 Å². The van der Waals surface area contributed by atoms with Gasteiger partial charge in [-0.1, -0.05) is 25.5 Å². The lowest BCUT2D eigenvalue weighted by molar-refractivity contribution is 0.0159. The third-order valence-electron chi connectivity index (χ3n) is 4.11. The average molecular weight is 285 g/mol. The fourth-order valence-corrected chi connectivity index (χ4v) is 2.88. The van der Waals surface area contributed by atoms with Crippen LogP contribution in [0, 0.1) is 11.3 Å². The van der Waals surface area contributed by atoms with E-state index >= 15 is 0 Å². The minimum Gasteiger partial charge on any atom is -0.465 e. The number of halogens is 1. The zero-order chi connectivity index (χ0) is 11.9. The van der Waals surface area contributed by atoms with E-state index in [1.54, 1.807) is 6.26 Å². The van der Waals surface area contributed by atoms with Crippen molar-refractivity contribution in [3.63, 3.8) is 0 Å². The third kappa shape index (κ3) is 1.57. The molecule has 1 aliphatic carbocycles. The molecule has 0 aromatic carbocycles. The van der Waals surface area contributed by atoms with Crippen molar-refractivity contribution < 1.29 is 9.52 Å². The summed E-state index contributed by atoms with van der Waals surface area (Å²) in [5.41, 5.74) is 1.02. The average Bonchev–Trinajstić information content (AvgIpc) is 2.78. The highest BCUT2D eigenvalue weighted by molar-refractivity contribution is 9.10. The van der Waals surface area contributed by atoms with Crippen LogP contribution in [0.25, 0.3) is 0 Å². The highest BCUT2D eigenvalue weighted by atomic mass is 79.9. The molecule has 1 aromatic rings. The van der Waals surface area contributed by atoms with Crippen molar-refractivity contribution >= 4 is 15.9 Å². The van der Waals surface area contributed by atoms with E-state index in [-0.39, 0.29) is 5.41 Å². The number of rotatable bonds is 2. The quantitative estimate of drug-likeness (QED) is 0.831. The first-order valence-electron chi connectivity index (χ1n) is 5.56. The van der Waals surface area contributed by atoms with Crippen LogP contribution in [-0.4, -0.2) is 5.11 Å². The van der Waals surface area contributed by atoms with Gasteiger partial charge in [0.25, 0.3) is 0 Å². The van der Waals surface area contributed by atoms with Gasteiger partial charge in [0.1, 0.15) is 11.9 Å². The minimum atomic E-state index is -0.592. The second kappa shape index (κ2) is 4.04. The van der Waals surface area contributed by atoms with E-state index in [1.165, 1.54) is 5.57 Å². The molecular weight excluding hydrogens is 268 g/mol. The van der Waals surface area contributed by atoms with Gasteiger partial charge in [0.2, 0.25) is 0 Å². The molecule has 88 valence electrons. The fourth-order valence-electron chi connectivity index (χ4n) is 2.46. The molecule has 0 spiro atoms. The lowest BCUT2D eigenvalue weighted by atomic mass is 9.71. The van der Waals surface area contributed by atoms with E-state index in [1.807, 2.05) is 6.07 Å². The van der Waals surface area contributed by atoms with Crippen molar-refractivity contribution in [2.75, 3.05) is 0 Å². The predicted molar refractivity (Wildman–Crippen MR) is 67.0 cm³/mol. The van der Waals surface area contributed by atoms with Crippen molar-refractivity contribution in [2.24, 2.45) is 11.3 Å². The maximum absolute atomic E-state index is 10.5. The number of furan rings is 1. The smallest absolute Gasteiger partial charge is 0.147 e. The molecule has 2 nitrogen and oxygen atoms in total. The van der Waals surface area contributed by atoms with Gasteiger partial charge in [0.05, 0.1) is 10.7 Å². The van der Waals surface area contributed by atoms with E-state index in [9.17, 15) is 5.11 Å². The Morgan fingerprint density at radius 1 is 1.62 bits per heavy atom. The van der Waals surface area contributed by atoms with Crippen LogP contribution in [0.15, 0.2) is 32.9 Å². The number of aliphatic hydroxyl groups excluding tert-OH is 1. The SMILES string of the molecule is CC1=CC[C@@H](C)[C@]1(C)[C@H](O)c1occc1Br. The van der Waals surface area contributed by atoms with Gasteiger partial charge in [-0.25, -0.2) is 0 Å². The molecule has 3 heteroatoms. The monoisotopic (exact) mass is 284 g/mol. The summed E-state index contributed by atoms with van der Waals surface area (Å²) in [5.74, 6) is 1.06. The Bertz CT molecular complexity index is 421. The van der Waals surface area contributed by atoms with Gasteiger partial charge >= 0.3 is 0 Å². The van der Waals surface area contributed by atoms with E-state index in [2.05, 4.69) is 42.8 Å². The lowest BCUT2D eigenvalue weighted by Gasteiger charge is -2.35. The van der Waals surface area contributed by atoms with E-state index < -0.39 is 6.10 Å². The number of aliphatic hydroxyl groups is 1. The second-order valence-corrected chi connectivity index (χ2v) is 5.70. The molecule has 2 rings (SSSR count). The Hall–Kier alpha value is -0.540. The van der Waals surface area contributed by atoms with Crippen LogP contribution >= 0.6 is 15.9 Å². The predicted octanol–water partition coefficient (Wildman–Crippen LogP) is 4.07. The zero-order valence-corrected chi connectivity index (χ0v) is 11.4. The normalized spacial score (nSPS) is 31.6. The minimum absolute atomic E-state index is 0.222. The molecule has 0 bridgehead atoms. The largest absolute Gasteiger partial charge is 0.465 e. The maximum atomic E-state index is 10.5. The summed E-state index contributed by atoms with van der Waals surface area (Å²) < 4.78 is 6.22. The van der Waals surface area contributed by atoms with E-state index in [0.717, 1.165) is 10.9 Å². The van der Waals surface area contributed by atoms with Crippen molar-refractivity contribution in [1.29, 1.82) is 0 Å². The topological polar surface area (TPSA) is 33.4 Å². The Morgan fingerprint density at radius 3 is 2.75 bits per heavy atom. The van der Waals surface area contributed by atoms with E-state index in [4.69, 9.17) is 4.42 Å². The second-order valence-electron chi connectivity index (χ2n) is 4.84. The van der Waals surface area contributed by atoms with Crippen LogP contribution in [0.4, 0.5) is 0 Å². The van der Waals surface area contributed by atoms with Gasteiger partial charge in [-0.05, 0) is 41.3 Å². The molecule has 0 aliphatic heterocycles. The highest BCUT2D eigenvalue weighted by Crippen LogP contribution is 2.52. The van der Waals surface area contributed by atoms with Gasteiger partial charge in [-0.3, -0.25) is 0 Å². The summed E-state index contributed by atoms with van der Waals surface area (Å²) in [7, 11) is 0. The maximum Gasteiger partial charge on any atom is 0.147 e. The molecule has 16 heavy (non-hydrogen) atoms. The van der Waals surface area contributed by atoms with E-state index in [0.29, 0.717) is 11.7 Å². The van der Waals surface area contributed by atoms with Crippen LogP contribution in [0.1, 0.15) is 39.1 Å². The molecule has 0 unspecified atom stereocenters. The van der Waals surface area contributed by atoms with Crippen molar-refractivity contribution in [1.82, 2.24) is 0 Å². The fraction of sp³-hybridized carbons (Fsp3) is 0.538.